The van der Waals surface area contributed by atoms with Crippen molar-refractivity contribution in [1.82, 2.24) is 10.3 Å². The molecular formula is C18H18N2O3S2. The van der Waals surface area contributed by atoms with Gasteiger partial charge in [-0.05, 0) is 37.3 Å². The van der Waals surface area contributed by atoms with Gasteiger partial charge in [0.25, 0.3) is 5.91 Å². The van der Waals surface area contributed by atoms with Gasteiger partial charge in [0, 0.05) is 22.4 Å². The minimum Gasteiger partial charge on any atom is -0.497 e. The molecule has 0 radical (unpaired) electrons. The van der Waals surface area contributed by atoms with Crippen molar-refractivity contribution in [1.29, 1.82) is 0 Å². The number of ether oxygens (including phenoxy) is 2. The molecule has 0 aliphatic carbocycles. The number of carbonyl (C=O) groups excluding carboxylic acids is 1. The van der Waals surface area contributed by atoms with Gasteiger partial charge in [-0.3, -0.25) is 4.79 Å². The summed E-state index contributed by atoms with van der Waals surface area (Å²) in [5.41, 5.74) is 1.27. The molecule has 0 atom stereocenters. The Labute approximate surface area is 154 Å². The van der Waals surface area contributed by atoms with Crippen molar-refractivity contribution in [2.45, 2.75) is 13.5 Å². The molecule has 0 saturated carbocycles. The average Bonchev–Trinajstić information content (AvgIpc) is 3.28. The lowest BCUT2D eigenvalue weighted by Gasteiger charge is -2.11. The Morgan fingerprint density at radius 2 is 2.04 bits per heavy atom. The summed E-state index contributed by atoms with van der Waals surface area (Å²) >= 11 is 3.14. The molecule has 1 amide bonds. The summed E-state index contributed by atoms with van der Waals surface area (Å²) in [6.07, 6.45) is 0. The molecule has 0 aliphatic heterocycles. The van der Waals surface area contributed by atoms with Crippen LogP contribution in [-0.4, -0.2) is 25.1 Å². The summed E-state index contributed by atoms with van der Waals surface area (Å²) in [5, 5.41) is 5.53. The van der Waals surface area contributed by atoms with Crippen LogP contribution in [0.3, 0.4) is 0 Å². The highest BCUT2D eigenvalue weighted by Crippen LogP contribution is 2.30. The molecule has 0 aliphatic rings. The smallest absolute Gasteiger partial charge is 0.271 e. The van der Waals surface area contributed by atoms with Gasteiger partial charge in [-0.2, -0.15) is 0 Å². The molecule has 7 heteroatoms. The quantitative estimate of drug-likeness (QED) is 0.705. The second-order valence-corrected chi connectivity index (χ2v) is 7.45. The largest absolute Gasteiger partial charge is 0.497 e. The highest BCUT2D eigenvalue weighted by atomic mass is 32.1. The monoisotopic (exact) mass is 374 g/mol. The maximum Gasteiger partial charge on any atom is 0.271 e. The van der Waals surface area contributed by atoms with Gasteiger partial charge in [0.05, 0.1) is 19.1 Å². The molecule has 2 heterocycles. The van der Waals surface area contributed by atoms with Gasteiger partial charge >= 0.3 is 0 Å². The maximum absolute atomic E-state index is 12.4. The molecule has 1 N–H and O–H groups in total. The van der Waals surface area contributed by atoms with E-state index in [2.05, 4.69) is 23.3 Å². The number of amides is 1. The summed E-state index contributed by atoms with van der Waals surface area (Å²) in [6.45, 7) is 2.39. The standard InChI is InChI=1S/C18H18N2O3S2/c1-11-4-7-16(25-11)18-20-14(10-24-18)17(21)19-9-12-8-13(22-2)5-6-15(12)23-3/h4-8,10H,9H2,1-3H3,(H,19,21). The number of aryl methyl sites for hydroxylation is 1. The minimum absolute atomic E-state index is 0.208. The number of aromatic nitrogens is 1. The Morgan fingerprint density at radius 1 is 1.20 bits per heavy atom. The molecule has 130 valence electrons. The molecule has 0 saturated heterocycles. The molecule has 25 heavy (non-hydrogen) atoms. The summed E-state index contributed by atoms with van der Waals surface area (Å²) in [4.78, 5) is 19.1. The highest BCUT2D eigenvalue weighted by molar-refractivity contribution is 7.21. The lowest BCUT2D eigenvalue weighted by Crippen LogP contribution is -2.23. The van der Waals surface area contributed by atoms with Crippen molar-refractivity contribution < 1.29 is 14.3 Å². The van der Waals surface area contributed by atoms with E-state index in [0.29, 0.717) is 23.7 Å². The molecule has 5 nitrogen and oxygen atoms in total. The van der Waals surface area contributed by atoms with Crippen LogP contribution in [0.4, 0.5) is 0 Å². The van der Waals surface area contributed by atoms with E-state index in [-0.39, 0.29) is 5.91 Å². The van der Waals surface area contributed by atoms with Crippen LogP contribution >= 0.6 is 22.7 Å². The van der Waals surface area contributed by atoms with Crippen LogP contribution in [0.2, 0.25) is 0 Å². The van der Waals surface area contributed by atoms with E-state index in [4.69, 9.17) is 9.47 Å². The van der Waals surface area contributed by atoms with E-state index >= 15 is 0 Å². The number of carbonyl (C=O) groups is 1. The fourth-order valence-corrected chi connectivity index (χ4v) is 4.07. The SMILES string of the molecule is COc1ccc(OC)c(CNC(=O)c2csc(-c3ccc(C)s3)n2)c1. The van der Waals surface area contributed by atoms with Crippen molar-refractivity contribution in [2.75, 3.05) is 14.2 Å². The van der Waals surface area contributed by atoms with Gasteiger partial charge in [0.2, 0.25) is 0 Å². The van der Waals surface area contributed by atoms with Gasteiger partial charge in [-0.25, -0.2) is 4.98 Å². The predicted octanol–water partition coefficient (Wildman–Crippen LogP) is 4.13. The number of hydrogen-bond donors (Lipinski definition) is 1. The molecule has 0 spiro atoms. The lowest BCUT2D eigenvalue weighted by molar-refractivity contribution is 0.0946. The fourth-order valence-electron chi connectivity index (χ4n) is 2.33. The van der Waals surface area contributed by atoms with Gasteiger partial charge < -0.3 is 14.8 Å². The second-order valence-electron chi connectivity index (χ2n) is 5.31. The van der Waals surface area contributed by atoms with E-state index in [9.17, 15) is 4.79 Å². The molecule has 0 unspecified atom stereocenters. The van der Waals surface area contributed by atoms with Gasteiger partial charge in [0.15, 0.2) is 0 Å². The summed E-state index contributed by atoms with van der Waals surface area (Å²) in [5.74, 6) is 1.21. The van der Waals surface area contributed by atoms with E-state index in [1.165, 1.54) is 16.2 Å². The predicted molar refractivity (Wildman–Crippen MR) is 101 cm³/mol. The number of nitrogens with one attached hydrogen (secondary N) is 1. The van der Waals surface area contributed by atoms with Crippen LogP contribution < -0.4 is 14.8 Å². The van der Waals surface area contributed by atoms with Crippen molar-refractivity contribution in [3.8, 4) is 21.4 Å². The normalized spacial score (nSPS) is 10.5. The Kier molecular flexibility index (Phi) is 5.35. The first-order valence-electron chi connectivity index (χ1n) is 7.62. The number of thiazole rings is 1. The first-order valence-corrected chi connectivity index (χ1v) is 9.31. The fraction of sp³-hybridized carbons (Fsp3) is 0.222. The Morgan fingerprint density at radius 3 is 2.72 bits per heavy atom. The van der Waals surface area contributed by atoms with E-state index < -0.39 is 0 Å². The van der Waals surface area contributed by atoms with E-state index in [0.717, 1.165) is 15.4 Å². The molecule has 3 aromatic rings. The number of methoxy groups -OCH3 is 2. The maximum atomic E-state index is 12.4. The van der Waals surface area contributed by atoms with Gasteiger partial charge in [-0.15, -0.1) is 22.7 Å². The lowest BCUT2D eigenvalue weighted by atomic mass is 10.2. The van der Waals surface area contributed by atoms with Crippen LogP contribution in [0, 0.1) is 6.92 Å². The van der Waals surface area contributed by atoms with Crippen LogP contribution in [0.15, 0.2) is 35.7 Å². The van der Waals surface area contributed by atoms with Crippen molar-refractivity contribution >= 4 is 28.6 Å². The molecule has 2 aromatic heterocycles. The first-order chi connectivity index (χ1) is 12.1. The minimum atomic E-state index is -0.208. The Balaban J connectivity index is 1.70. The van der Waals surface area contributed by atoms with E-state index in [1.807, 2.05) is 24.3 Å². The van der Waals surface area contributed by atoms with Crippen LogP contribution in [0.1, 0.15) is 20.9 Å². The van der Waals surface area contributed by atoms with Crippen molar-refractivity contribution in [3.63, 3.8) is 0 Å². The van der Waals surface area contributed by atoms with Crippen LogP contribution in [0.25, 0.3) is 9.88 Å². The second kappa shape index (κ2) is 7.67. The summed E-state index contributed by atoms with van der Waals surface area (Å²) in [7, 11) is 3.20. The third kappa shape index (κ3) is 4.00. The Hall–Kier alpha value is -2.38. The molecular weight excluding hydrogens is 356 g/mol. The molecule has 1 aromatic carbocycles. The highest BCUT2D eigenvalue weighted by Gasteiger charge is 2.14. The number of benzene rings is 1. The Bertz CT molecular complexity index is 886. The van der Waals surface area contributed by atoms with Crippen molar-refractivity contribution in [2.24, 2.45) is 0 Å². The number of nitrogens with zero attached hydrogens (tertiary/aromatic N) is 1. The summed E-state index contributed by atoms with van der Waals surface area (Å²) in [6, 6.07) is 9.57. The zero-order valence-corrected chi connectivity index (χ0v) is 15.8. The molecule has 3 rings (SSSR count). The number of rotatable bonds is 6. The third-order valence-electron chi connectivity index (χ3n) is 3.61. The summed E-state index contributed by atoms with van der Waals surface area (Å²) < 4.78 is 10.6. The first kappa shape index (κ1) is 17.4. The molecule has 0 fully saturated rings. The van der Waals surface area contributed by atoms with Gasteiger partial charge in [-0.1, -0.05) is 0 Å². The number of hydrogen-bond acceptors (Lipinski definition) is 6. The van der Waals surface area contributed by atoms with Crippen molar-refractivity contribution in [3.05, 3.63) is 51.8 Å². The van der Waals surface area contributed by atoms with Gasteiger partial charge in [0.1, 0.15) is 22.2 Å². The van der Waals surface area contributed by atoms with Crippen LogP contribution in [-0.2, 0) is 6.54 Å². The topological polar surface area (TPSA) is 60.5 Å². The van der Waals surface area contributed by atoms with Crippen LogP contribution in [0.5, 0.6) is 11.5 Å². The average molecular weight is 374 g/mol. The molecule has 0 bridgehead atoms. The zero-order chi connectivity index (χ0) is 17.8. The number of thiophene rings is 1. The zero-order valence-electron chi connectivity index (χ0n) is 14.2. The van der Waals surface area contributed by atoms with E-state index in [1.54, 1.807) is 30.9 Å². The third-order valence-corrected chi connectivity index (χ3v) is 5.63.